The summed E-state index contributed by atoms with van der Waals surface area (Å²) in [4.78, 5) is 15.2. The summed E-state index contributed by atoms with van der Waals surface area (Å²) in [5, 5.41) is 8.22. The van der Waals surface area contributed by atoms with E-state index in [0.717, 1.165) is 18.0 Å². The molecule has 2 aromatic rings. The lowest BCUT2D eigenvalue weighted by Gasteiger charge is -2.05. The fourth-order valence-electron chi connectivity index (χ4n) is 1.65. The Morgan fingerprint density at radius 1 is 1.35 bits per heavy atom. The Bertz CT molecular complexity index is 566. The van der Waals surface area contributed by atoms with Gasteiger partial charge in [0.1, 0.15) is 12.4 Å². The number of anilines is 1. The highest BCUT2D eigenvalue weighted by atomic mass is 32.1. The number of rotatable bonds is 6. The molecule has 2 rings (SSSR count). The van der Waals surface area contributed by atoms with Crippen LogP contribution < -0.4 is 15.4 Å². The number of hydrogen-bond donors (Lipinski definition) is 2. The predicted molar refractivity (Wildman–Crippen MR) is 80.0 cm³/mol. The molecule has 106 valence electrons. The number of hydrogen-bond acceptors (Lipinski definition) is 5. The Kier molecular flexibility index (Phi) is 5.09. The third kappa shape index (κ3) is 4.32. The van der Waals surface area contributed by atoms with Gasteiger partial charge in [-0.1, -0.05) is 12.1 Å². The van der Waals surface area contributed by atoms with E-state index in [1.165, 1.54) is 23.8 Å². The van der Waals surface area contributed by atoms with Crippen LogP contribution in [0, 0.1) is 0 Å². The van der Waals surface area contributed by atoms with Gasteiger partial charge in [-0.05, 0) is 24.7 Å². The van der Waals surface area contributed by atoms with Gasteiger partial charge in [-0.15, -0.1) is 11.3 Å². The topological polar surface area (TPSA) is 63.2 Å². The van der Waals surface area contributed by atoms with Gasteiger partial charge >= 0.3 is 0 Å². The normalized spacial score (nSPS) is 10.3. The first-order valence-electron chi connectivity index (χ1n) is 6.25. The lowest BCUT2D eigenvalue weighted by molar-refractivity contribution is -0.114. The maximum absolute atomic E-state index is 10.9. The third-order valence-electron chi connectivity index (χ3n) is 2.53. The van der Waals surface area contributed by atoms with Crippen molar-refractivity contribution in [2.75, 3.05) is 12.4 Å². The van der Waals surface area contributed by atoms with Crippen LogP contribution in [0.5, 0.6) is 5.75 Å². The van der Waals surface area contributed by atoms with Gasteiger partial charge in [-0.3, -0.25) is 4.79 Å². The highest BCUT2D eigenvalue weighted by molar-refractivity contribution is 7.13. The molecule has 5 nitrogen and oxygen atoms in total. The minimum Gasteiger partial charge on any atom is -0.487 e. The fourth-order valence-corrected chi connectivity index (χ4v) is 2.39. The van der Waals surface area contributed by atoms with Crippen molar-refractivity contribution in [1.29, 1.82) is 0 Å². The van der Waals surface area contributed by atoms with Crippen LogP contribution in [0.25, 0.3) is 0 Å². The number of ether oxygens (including phenoxy) is 1. The number of nitrogens with one attached hydrogen (secondary N) is 2. The number of amides is 1. The van der Waals surface area contributed by atoms with Gasteiger partial charge < -0.3 is 15.4 Å². The van der Waals surface area contributed by atoms with Crippen LogP contribution in [0.1, 0.15) is 18.2 Å². The molecule has 1 heterocycles. The summed E-state index contributed by atoms with van der Waals surface area (Å²) >= 11 is 1.39. The zero-order valence-electron chi connectivity index (χ0n) is 11.5. The summed E-state index contributed by atoms with van der Waals surface area (Å²) in [5.74, 6) is 0.686. The Morgan fingerprint density at radius 3 is 2.75 bits per heavy atom. The molecule has 2 N–H and O–H groups in total. The Balaban J connectivity index is 1.88. The molecule has 0 spiro atoms. The number of thiazole rings is 1. The van der Waals surface area contributed by atoms with Gasteiger partial charge in [-0.2, -0.15) is 0 Å². The average molecular weight is 291 g/mol. The van der Waals surface area contributed by atoms with E-state index in [-0.39, 0.29) is 5.91 Å². The van der Waals surface area contributed by atoms with Crippen LogP contribution in [0.4, 0.5) is 5.13 Å². The van der Waals surface area contributed by atoms with Crippen molar-refractivity contribution in [2.24, 2.45) is 0 Å². The molecule has 0 aliphatic heterocycles. The van der Waals surface area contributed by atoms with Crippen LogP contribution >= 0.6 is 11.3 Å². The second-order valence-electron chi connectivity index (χ2n) is 4.29. The van der Waals surface area contributed by atoms with E-state index in [0.29, 0.717) is 11.7 Å². The third-order valence-corrected chi connectivity index (χ3v) is 3.33. The molecule has 0 fully saturated rings. The van der Waals surface area contributed by atoms with Crippen molar-refractivity contribution >= 4 is 22.4 Å². The highest BCUT2D eigenvalue weighted by Gasteiger charge is 2.04. The van der Waals surface area contributed by atoms with Crippen LogP contribution in [0.15, 0.2) is 29.6 Å². The van der Waals surface area contributed by atoms with E-state index < -0.39 is 0 Å². The second kappa shape index (κ2) is 7.02. The summed E-state index contributed by atoms with van der Waals surface area (Å²) < 4.78 is 5.65. The van der Waals surface area contributed by atoms with E-state index in [9.17, 15) is 4.79 Å². The second-order valence-corrected chi connectivity index (χ2v) is 5.15. The van der Waals surface area contributed by atoms with E-state index in [1.54, 1.807) is 0 Å². The summed E-state index contributed by atoms with van der Waals surface area (Å²) in [7, 11) is 1.92. The first kappa shape index (κ1) is 14.5. The number of benzene rings is 1. The molecule has 0 saturated heterocycles. The Labute approximate surface area is 122 Å². The molecule has 1 amide bonds. The van der Waals surface area contributed by atoms with Gasteiger partial charge in [0.2, 0.25) is 5.91 Å². The van der Waals surface area contributed by atoms with E-state index >= 15 is 0 Å². The molecular weight excluding hydrogens is 274 g/mol. The number of carbonyl (C=O) groups excluding carboxylic acids is 1. The molecule has 0 aliphatic carbocycles. The SMILES string of the molecule is CNCc1ccc(OCc2csc(NC(C)=O)n2)cc1. The number of carbonyl (C=O) groups is 1. The van der Waals surface area contributed by atoms with Gasteiger partial charge in [0.25, 0.3) is 0 Å². The molecule has 0 bridgehead atoms. The average Bonchev–Trinajstić information content (AvgIpc) is 2.85. The summed E-state index contributed by atoms with van der Waals surface area (Å²) in [5.41, 5.74) is 2.01. The molecular formula is C14H17N3O2S. The molecule has 20 heavy (non-hydrogen) atoms. The molecule has 0 aliphatic rings. The molecule has 1 aromatic heterocycles. The van der Waals surface area contributed by atoms with Gasteiger partial charge in [0.15, 0.2) is 5.13 Å². The smallest absolute Gasteiger partial charge is 0.223 e. The molecule has 6 heteroatoms. The van der Waals surface area contributed by atoms with Crippen molar-refractivity contribution in [3.63, 3.8) is 0 Å². The van der Waals surface area contributed by atoms with Crippen molar-refractivity contribution in [3.05, 3.63) is 40.9 Å². The highest BCUT2D eigenvalue weighted by Crippen LogP contribution is 2.18. The van der Waals surface area contributed by atoms with Crippen molar-refractivity contribution in [3.8, 4) is 5.75 Å². The minimum atomic E-state index is -0.119. The van der Waals surface area contributed by atoms with Crippen molar-refractivity contribution in [2.45, 2.75) is 20.1 Å². The first-order chi connectivity index (χ1) is 9.67. The maximum Gasteiger partial charge on any atom is 0.223 e. The Hall–Kier alpha value is -1.92. The number of aromatic nitrogens is 1. The van der Waals surface area contributed by atoms with E-state index in [4.69, 9.17) is 4.74 Å². The number of nitrogens with zero attached hydrogens (tertiary/aromatic N) is 1. The van der Waals surface area contributed by atoms with Gasteiger partial charge in [0.05, 0.1) is 5.69 Å². The molecule has 1 aromatic carbocycles. The zero-order valence-corrected chi connectivity index (χ0v) is 12.3. The summed E-state index contributed by atoms with van der Waals surface area (Å²) in [6.07, 6.45) is 0. The van der Waals surface area contributed by atoms with E-state index in [2.05, 4.69) is 15.6 Å². The monoisotopic (exact) mass is 291 g/mol. The van der Waals surface area contributed by atoms with Crippen LogP contribution in [-0.4, -0.2) is 17.9 Å². The van der Waals surface area contributed by atoms with Gasteiger partial charge in [-0.25, -0.2) is 4.98 Å². The Morgan fingerprint density at radius 2 is 2.10 bits per heavy atom. The van der Waals surface area contributed by atoms with Crippen molar-refractivity contribution < 1.29 is 9.53 Å². The zero-order chi connectivity index (χ0) is 14.4. The maximum atomic E-state index is 10.9. The first-order valence-corrected chi connectivity index (χ1v) is 7.13. The van der Waals surface area contributed by atoms with Crippen molar-refractivity contribution in [1.82, 2.24) is 10.3 Å². The molecule has 0 saturated carbocycles. The van der Waals surface area contributed by atoms with Gasteiger partial charge in [0, 0.05) is 18.8 Å². The lowest BCUT2D eigenvalue weighted by atomic mass is 10.2. The van der Waals surface area contributed by atoms with Crippen LogP contribution in [-0.2, 0) is 17.9 Å². The fraction of sp³-hybridized carbons (Fsp3) is 0.286. The standard InChI is InChI=1S/C14H17N3O2S/c1-10(18)16-14-17-12(9-20-14)8-19-13-5-3-11(4-6-13)7-15-2/h3-6,9,15H,7-8H2,1-2H3,(H,16,17,18). The lowest BCUT2D eigenvalue weighted by Crippen LogP contribution is -2.06. The minimum absolute atomic E-state index is 0.119. The predicted octanol–water partition coefficient (Wildman–Crippen LogP) is 2.40. The van der Waals surface area contributed by atoms with Crippen LogP contribution in [0.2, 0.25) is 0 Å². The molecule has 0 radical (unpaired) electrons. The quantitative estimate of drug-likeness (QED) is 0.858. The largest absolute Gasteiger partial charge is 0.487 e. The molecule has 0 atom stereocenters. The summed E-state index contributed by atoms with van der Waals surface area (Å²) in [6, 6.07) is 7.92. The van der Waals surface area contributed by atoms with E-state index in [1.807, 2.05) is 36.7 Å². The summed E-state index contributed by atoms with van der Waals surface area (Å²) in [6.45, 7) is 2.69. The van der Waals surface area contributed by atoms with Crippen LogP contribution in [0.3, 0.4) is 0 Å². The molecule has 0 unspecified atom stereocenters.